The van der Waals surface area contributed by atoms with Crippen molar-refractivity contribution in [1.82, 2.24) is 9.88 Å². The van der Waals surface area contributed by atoms with Crippen LogP contribution in [0.25, 0.3) is 0 Å². The van der Waals surface area contributed by atoms with E-state index in [1.165, 1.54) is 6.42 Å². The molecule has 1 fully saturated rings. The first-order valence-electron chi connectivity index (χ1n) is 8.45. The van der Waals surface area contributed by atoms with Crippen LogP contribution in [0, 0.1) is 0 Å². The molecule has 2 N–H and O–H groups in total. The largest absolute Gasteiger partial charge is 0.478 e. The second kappa shape index (κ2) is 7.79. The first kappa shape index (κ1) is 17.0. The van der Waals surface area contributed by atoms with Crippen LogP contribution in [0.2, 0.25) is 0 Å². The Morgan fingerprint density at radius 2 is 1.80 bits per heavy atom. The maximum absolute atomic E-state index is 12.7. The Bertz CT molecular complexity index is 753. The number of amides is 1. The third kappa shape index (κ3) is 4.15. The van der Waals surface area contributed by atoms with Crippen molar-refractivity contribution < 1.29 is 14.7 Å². The molecule has 0 atom stereocenters. The molecule has 130 valence electrons. The molecule has 6 nitrogen and oxygen atoms in total. The number of aromatic nitrogens is 1. The molecule has 25 heavy (non-hydrogen) atoms. The fourth-order valence-electron chi connectivity index (χ4n) is 2.94. The van der Waals surface area contributed by atoms with Crippen LogP contribution >= 0.6 is 0 Å². The van der Waals surface area contributed by atoms with Crippen molar-refractivity contribution in [1.29, 1.82) is 0 Å². The average Bonchev–Trinajstić information content (AvgIpc) is 2.67. The van der Waals surface area contributed by atoms with E-state index in [0.717, 1.165) is 31.5 Å². The highest BCUT2D eigenvalue weighted by molar-refractivity contribution is 5.98. The number of pyridine rings is 1. The van der Waals surface area contributed by atoms with E-state index in [1.807, 2.05) is 4.90 Å². The van der Waals surface area contributed by atoms with Gasteiger partial charge in [-0.25, -0.2) is 9.78 Å². The van der Waals surface area contributed by atoms with Crippen LogP contribution in [0.4, 0.5) is 5.82 Å². The first-order valence-corrected chi connectivity index (χ1v) is 8.45. The summed E-state index contributed by atoms with van der Waals surface area (Å²) in [5.74, 6) is -0.379. The number of hydrogen-bond donors (Lipinski definition) is 2. The Labute approximate surface area is 146 Å². The van der Waals surface area contributed by atoms with Crippen LogP contribution in [0.15, 0.2) is 42.6 Å². The summed E-state index contributed by atoms with van der Waals surface area (Å²) in [6.07, 6.45) is 4.92. The minimum absolute atomic E-state index is 0.0107. The van der Waals surface area contributed by atoms with E-state index in [4.69, 9.17) is 5.11 Å². The first-order chi connectivity index (χ1) is 12.1. The lowest BCUT2D eigenvalue weighted by Gasteiger charge is -2.27. The van der Waals surface area contributed by atoms with Gasteiger partial charge in [-0.05, 0) is 49.1 Å². The van der Waals surface area contributed by atoms with Gasteiger partial charge in [-0.15, -0.1) is 0 Å². The molecule has 1 aliphatic rings. The van der Waals surface area contributed by atoms with Crippen molar-refractivity contribution >= 4 is 17.7 Å². The minimum Gasteiger partial charge on any atom is -0.478 e. The smallest absolute Gasteiger partial charge is 0.335 e. The molecule has 0 bridgehead atoms. The maximum Gasteiger partial charge on any atom is 0.335 e. The van der Waals surface area contributed by atoms with Crippen molar-refractivity contribution in [2.75, 3.05) is 18.4 Å². The van der Waals surface area contributed by atoms with Crippen molar-refractivity contribution in [2.45, 2.75) is 25.8 Å². The molecule has 3 rings (SSSR count). The van der Waals surface area contributed by atoms with E-state index in [2.05, 4.69) is 10.3 Å². The third-order valence-corrected chi connectivity index (χ3v) is 4.34. The van der Waals surface area contributed by atoms with Gasteiger partial charge in [0.1, 0.15) is 5.82 Å². The molecule has 0 saturated carbocycles. The normalized spacial score (nSPS) is 14.2. The number of nitrogens with zero attached hydrogens (tertiary/aromatic N) is 2. The predicted octanol–water partition coefficient (Wildman–Crippen LogP) is 3.02. The van der Waals surface area contributed by atoms with Gasteiger partial charge in [-0.2, -0.15) is 0 Å². The van der Waals surface area contributed by atoms with Crippen molar-refractivity contribution in [3.63, 3.8) is 0 Å². The summed E-state index contributed by atoms with van der Waals surface area (Å²) in [5.41, 5.74) is 1.75. The Morgan fingerprint density at radius 3 is 2.48 bits per heavy atom. The van der Waals surface area contributed by atoms with Crippen LogP contribution in [0.3, 0.4) is 0 Å². The molecule has 0 spiro atoms. The standard InChI is InChI=1S/C19H21N3O3/c23-18(22-11-2-1-3-12-22)16-5-4-10-20-17(16)21-13-14-6-8-15(9-7-14)19(24)25/h4-10H,1-3,11-13H2,(H,20,21)(H,24,25). The summed E-state index contributed by atoms with van der Waals surface area (Å²) in [7, 11) is 0. The Hall–Kier alpha value is -2.89. The summed E-state index contributed by atoms with van der Waals surface area (Å²) < 4.78 is 0. The van der Waals surface area contributed by atoms with Crippen molar-refractivity contribution in [3.05, 3.63) is 59.3 Å². The quantitative estimate of drug-likeness (QED) is 0.875. The second-order valence-corrected chi connectivity index (χ2v) is 6.11. The molecule has 1 saturated heterocycles. The molecule has 1 aliphatic heterocycles. The molecule has 0 unspecified atom stereocenters. The van der Waals surface area contributed by atoms with E-state index in [0.29, 0.717) is 17.9 Å². The second-order valence-electron chi connectivity index (χ2n) is 6.11. The Kier molecular flexibility index (Phi) is 5.28. The predicted molar refractivity (Wildman–Crippen MR) is 94.7 cm³/mol. The zero-order chi connectivity index (χ0) is 17.6. The number of nitrogens with one attached hydrogen (secondary N) is 1. The number of piperidine rings is 1. The number of carboxylic acids is 1. The molecule has 1 aromatic heterocycles. The Morgan fingerprint density at radius 1 is 1.08 bits per heavy atom. The molecule has 1 aromatic carbocycles. The van der Waals surface area contributed by atoms with E-state index >= 15 is 0 Å². The lowest BCUT2D eigenvalue weighted by atomic mass is 10.1. The number of carbonyl (C=O) groups excluding carboxylic acids is 1. The lowest BCUT2D eigenvalue weighted by Crippen LogP contribution is -2.36. The number of rotatable bonds is 5. The number of anilines is 1. The lowest BCUT2D eigenvalue weighted by molar-refractivity contribution is 0.0694. The molecule has 2 aromatic rings. The van der Waals surface area contributed by atoms with E-state index in [-0.39, 0.29) is 11.5 Å². The average molecular weight is 339 g/mol. The van der Waals surface area contributed by atoms with Gasteiger partial charge < -0.3 is 15.3 Å². The molecule has 6 heteroatoms. The fourth-order valence-corrected chi connectivity index (χ4v) is 2.94. The topological polar surface area (TPSA) is 82.5 Å². The summed E-state index contributed by atoms with van der Waals surface area (Å²) >= 11 is 0. The number of aromatic carboxylic acids is 1. The van der Waals surface area contributed by atoms with Gasteiger partial charge in [0.15, 0.2) is 0 Å². The van der Waals surface area contributed by atoms with Crippen molar-refractivity contribution in [3.8, 4) is 0 Å². The van der Waals surface area contributed by atoms with Gasteiger partial charge in [0.25, 0.3) is 5.91 Å². The van der Waals surface area contributed by atoms with Crippen LogP contribution < -0.4 is 5.32 Å². The number of carbonyl (C=O) groups is 2. The monoisotopic (exact) mass is 339 g/mol. The van der Waals surface area contributed by atoms with E-state index < -0.39 is 5.97 Å². The summed E-state index contributed by atoms with van der Waals surface area (Å²) in [4.78, 5) is 29.8. The number of benzene rings is 1. The number of hydrogen-bond acceptors (Lipinski definition) is 4. The molecule has 0 aliphatic carbocycles. The summed E-state index contributed by atoms with van der Waals surface area (Å²) in [6.45, 7) is 2.06. The molecule has 0 radical (unpaired) electrons. The maximum atomic E-state index is 12.7. The summed E-state index contributed by atoms with van der Waals surface area (Å²) in [6, 6.07) is 10.2. The van der Waals surface area contributed by atoms with Gasteiger partial charge in [-0.3, -0.25) is 4.79 Å². The van der Waals surface area contributed by atoms with Crippen LogP contribution in [0.5, 0.6) is 0 Å². The van der Waals surface area contributed by atoms with Gasteiger partial charge in [0, 0.05) is 25.8 Å². The van der Waals surface area contributed by atoms with Crippen LogP contribution in [0.1, 0.15) is 45.5 Å². The molecule has 2 heterocycles. The Balaban J connectivity index is 1.70. The van der Waals surface area contributed by atoms with Gasteiger partial charge in [0.2, 0.25) is 0 Å². The highest BCUT2D eigenvalue weighted by Gasteiger charge is 2.21. The zero-order valence-electron chi connectivity index (χ0n) is 13.9. The molecular formula is C19H21N3O3. The van der Waals surface area contributed by atoms with E-state index in [1.54, 1.807) is 42.6 Å². The number of carboxylic acid groups (broad SMARTS) is 1. The fraction of sp³-hybridized carbons (Fsp3) is 0.316. The van der Waals surface area contributed by atoms with Gasteiger partial charge in [0.05, 0.1) is 11.1 Å². The van der Waals surface area contributed by atoms with Gasteiger partial charge >= 0.3 is 5.97 Å². The number of likely N-dealkylation sites (tertiary alicyclic amines) is 1. The highest BCUT2D eigenvalue weighted by atomic mass is 16.4. The van der Waals surface area contributed by atoms with Crippen molar-refractivity contribution in [2.24, 2.45) is 0 Å². The summed E-state index contributed by atoms with van der Waals surface area (Å²) in [5, 5.41) is 12.1. The molecular weight excluding hydrogens is 318 g/mol. The van der Waals surface area contributed by atoms with Crippen LogP contribution in [-0.4, -0.2) is 40.0 Å². The van der Waals surface area contributed by atoms with Crippen LogP contribution in [-0.2, 0) is 6.54 Å². The third-order valence-electron chi connectivity index (χ3n) is 4.34. The highest BCUT2D eigenvalue weighted by Crippen LogP contribution is 2.18. The zero-order valence-corrected chi connectivity index (χ0v) is 13.9. The minimum atomic E-state index is -0.946. The SMILES string of the molecule is O=C(O)c1ccc(CNc2ncccc2C(=O)N2CCCCC2)cc1. The van der Waals surface area contributed by atoms with Gasteiger partial charge in [-0.1, -0.05) is 12.1 Å². The van der Waals surface area contributed by atoms with E-state index in [9.17, 15) is 9.59 Å². The molecule has 1 amide bonds.